The molecule has 4 heterocycles. The summed E-state index contributed by atoms with van der Waals surface area (Å²) in [5, 5.41) is 3.60. The van der Waals surface area contributed by atoms with Crippen molar-refractivity contribution in [3.05, 3.63) is 75.9 Å². The summed E-state index contributed by atoms with van der Waals surface area (Å²) in [5.41, 5.74) is 9.32. The number of nitrogens with two attached hydrogens (primary N) is 1. The van der Waals surface area contributed by atoms with Crippen LogP contribution in [0.4, 0.5) is 0 Å². The fourth-order valence-electron chi connectivity index (χ4n) is 4.76. The number of halogens is 1. The molecule has 1 fully saturated rings. The minimum Gasteiger partial charge on any atom is -0.484 e. The van der Waals surface area contributed by atoms with Gasteiger partial charge < -0.3 is 15.8 Å². The van der Waals surface area contributed by atoms with Gasteiger partial charge in [-0.05, 0) is 31.0 Å². The van der Waals surface area contributed by atoms with Crippen LogP contribution in [0, 0.1) is 0 Å². The van der Waals surface area contributed by atoms with Gasteiger partial charge in [-0.3, -0.25) is 18.9 Å². The highest BCUT2D eigenvalue weighted by molar-refractivity contribution is 7.17. The van der Waals surface area contributed by atoms with Crippen molar-refractivity contribution in [2.75, 3.05) is 13.1 Å². The maximum absolute atomic E-state index is 12.3. The van der Waals surface area contributed by atoms with Gasteiger partial charge in [0.1, 0.15) is 22.4 Å². The molecule has 0 aliphatic carbocycles. The van der Waals surface area contributed by atoms with Crippen LogP contribution in [0.2, 0.25) is 5.02 Å². The normalized spacial score (nSPS) is 16.7. The van der Waals surface area contributed by atoms with Crippen LogP contribution in [-0.4, -0.2) is 45.2 Å². The number of pyridine rings is 1. The first-order valence-electron chi connectivity index (χ1n) is 12.1. The van der Waals surface area contributed by atoms with E-state index in [2.05, 4.69) is 27.5 Å². The van der Waals surface area contributed by atoms with Crippen molar-refractivity contribution in [1.29, 1.82) is 0 Å². The third kappa shape index (κ3) is 5.49. The van der Waals surface area contributed by atoms with Gasteiger partial charge in [-0.1, -0.05) is 35.9 Å². The van der Waals surface area contributed by atoms with Gasteiger partial charge in [0.05, 0.1) is 16.8 Å². The largest absolute Gasteiger partial charge is 0.484 e. The molecular formula is C27H28ClN5O3S. The Bertz CT molecular complexity index is 1470. The number of fused-ring (bicyclic) bond motifs is 1. The molecule has 1 aromatic carbocycles. The van der Waals surface area contributed by atoms with Gasteiger partial charge in [0.2, 0.25) is 5.91 Å². The van der Waals surface area contributed by atoms with Crippen LogP contribution in [0.15, 0.2) is 54.9 Å². The number of aromatic nitrogens is 2. The Balaban J connectivity index is 1.40. The van der Waals surface area contributed by atoms with Gasteiger partial charge in [0, 0.05) is 55.4 Å². The SMILES string of the molecule is CC(=O)NC1CCN(Cc2ccc3ncc(-c4cc(OC(C)c5ccccc5Cl)c(C(N)=O)s4)n3c2)C1. The number of thiophene rings is 1. The molecule has 0 spiro atoms. The lowest BCUT2D eigenvalue weighted by Crippen LogP contribution is -2.35. The minimum absolute atomic E-state index is 0.00668. The minimum atomic E-state index is -0.546. The summed E-state index contributed by atoms with van der Waals surface area (Å²) in [7, 11) is 0. The number of rotatable bonds is 8. The summed E-state index contributed by atoms with van der Waals surface area (Å²) in [5.74, 6) is -0.116. The van der Waals surface area contributed by atoms with Gasteiger partial charge in [-0.15, -0.1) is 11.3 Å². The summed E-state index contributed by atoms with van der Waals surface area (Å²) in [6, 6.07) is 13.5. The number of hydrogen-bond donors (Lipinski definition) is 2. The Morgan fingerprint density at radius 2 is 2.11 bits per heavy atom. The lowest BCUT2D eigenvalue weighted by atomic mass is 10.1. The molecular weight excluding hydrogens is 510 g/mol. The van der Waals surface area contributed by atoms with Crippen LogP contribution >= 0.6 is 22.9 Å². The monoisotopic (exact) mass is 537 g/mol. The molecule has 2 unspecified atom stereocenters. The summed E-state index contributed by atoms with van der Waals surface area (Å²) < 4.78 is 8.20. The molecule has 3 N–H and O–H groups in total. The van der Waals surface area contributed by atoms with E-state index in [1.54, 1.807) is 13.1 Å². The van der Waals surface area contributed by atoms with Crippen molar-refractivity contribution in [3.8, 4) is 16.3 Å². The molecule has 1 aliphatic heterocycles. The molecule has 2 atom stereocenters. The first-order chi connectivity index (χ1) is 17.8. The standard InChI is InChI=1S/C27H28ClN5O3S/c1-16(20-5-3-4-6-21(20)28)36-23-11-24(37-26(23)27(29)35)22-12-30-25-8-7-18(14-33(22)25)13-32-10-9-19(15-32)31-17(2)34/h3-8,11-12,14,16,19H,9-10,13,15H2,1-2H3,(H2,29,35)(H,31,34). The number of likely N-dealkylation sites (tertiary alicyclic amines) is 1. The fraction of sp³-hybridized carbons (Fsp3) is 0.296. The van der Waals surface area contributed by atoms with Crippen molar-refractivity contribution in [2.24, 2.45) is 5.73 Å². The van der Waals surface area contributed by atoms with Gasteiger partial charge in [0.25, 0.3) is 5.91 Å². The van der Waals surface area contributed by atoms with Crippen molar-refractivity contribution < 1.29 is 14.3 Å². The Morgan fingerprint density at radius 3 is 2.86 bits per heavy atom. The Labute approximate surface area is 224 Å². The number of ether oxygens (including phenoxy) is 1. The van der Waals surface area contributed by atoms with E-state index in [4.69, 9.17) is 22.1 Å². The molecule has 1 saturated heterocycles. The third-order valence-corrected chi connectivity index (χ3v) is 7.97. The molecule has 3 aromatic heterocycles. The zero-order valence-corrected chi connectivity index (χ0v) is 22.2. The zero-order chi connectivity index (χ0) is 26.1. The van der Waals surface area contributed by atoms with E-state index in [-0.39, 0.29) is 18.1 Å². The average Bonchev–Trinajstić information content (AvgIpc) is 3.57. The highest BCUT2D eigenvalue weighted by atomic mass is 35.5. The fourth-order valence-corrected chi connectivity index (χ4v) is 6.00. The van der Waals surface area contributed by atoms with Gasteiger partial charge in [0.15, 0.2) is 0 Å². The van der Waals surface area contributed by atoms with Crippen molar-refractivity contribution in [1.82, 2.24) is 19.6 Å². The maximum Gasteiger partial charge on any atom is 0.262 e. The number of amides is 2. The van der Waals surface area contributed by atoms with Crippen molar-refractivity contribution in [2.45, 2.75) is 39.0 Å². The first kappa shape index (κ1) is 25.3. The topological polar surface area (TPSA) is 102 Å². The van der Waals surface area contributed by atoms with Crippen molar-refractivity contribution >= 4 is 40.4 Å². The number of benzene rings is 1. The third-order valence-electron chi connectivity index (χ3n) is 6.47. The predicted molar refractivity (Wildman–Crippen MR) is 145 cm³/mol. The Kier molecular flexibility index (Phi) is 7.19. The van der Waals surface area contributed by atoms with Gasteiger partial charge >= 0.3 is 0 Å². The second-order valence-corrected chi connectivity index (χ2v) is 10.7. The number of nitrogens with one attached hydrogen (secondary N) is 1. The first-order valence-corrected chi connectivity index (χ1v) is 13.3. The van der Waals surface area contributed by atoms with Gasteiger partial charge in [-0.2, -0.15) is 0 Å². The van der Waals surface area contributed by atoms with Gasteiger partial charge in [-0.25, -0.2) is 4.98 Å². The quantitative estimate of drug-likeness (QED) is 0.340. The lowest BCUT2D eigenvalue weighted by Gasteiger charge is -2.16. The van der Waals surface area contributed by atoms with E-state index in [0.29, 0.717) is 15.6 Å². The maximum atomic E-state index is 12.3. The number of hydrogen-bond acceptors (Lipinski definition) is 6. The number of carbonyl (C=O) groups excluding carboxylic acids is 2. The summed E-state index contributed by atoms with van der Waals surface area (Å²) >= 11 is 7.62. The molecule has 2 amide bonds. The summed E-state index contributed by atoms with van der Waals surface area (Å²) in [4.78, 5) is 31.7. The van der Waals surface area contributed by atoms with E-state index in [0.717, 1.165) is 53.4 Å². The van der Waals surface area contributed by atoms with E-state index < -0.39 is 5.91 Å². The Morgan fingerprint density at radius 1 is 1.30 bits per heavy atom. The number of carbonyl (C=O) groups is 2. The Hall–Kier alpha value is -3.40. The van der Waals surface area contributed by atoms with Crippen LogP contribution in [0.25, 0.3) is 16.2 Å². The van der Waals surface area contributed by atoms with E-state index in [9.17, 15) is 9.59 Å². The number of imidazole rings is 1. The molecule has 4 aromatic rings. The highest BCUT2D eigenvalue weighted by Crippen LogP contribution is 2.39. The smallest absolute Gasteiger partial charge is 0.262 e. The molecule has 8 nitrogen and oxygen atoms in total. The molecule has 5 rings (SSSR count). The summed E-state index contributed by atoms with van der Waals surface area (Å²) in [6.07, 6.45) is 4.43. The van der Waals surface area contributed by atoms with Crippen LogP contribution in [0.1, 0.15) is 47.2 Å². The highest BCUT2D eigenvalue weighted by Gasteiger charge is 2.24. The molecule has 0 radical (unpaired) electrons. The molecule has 0 bridgehead atoms. The molecule has 10 heteroatoms. The molecule has 1 aliphatic rings. The summed E-state index contributed by atoms with van der Waals surface area (Å²) in [6.45, 7) is 5.96. The van der Waals surface area contributed by atoms with Crippen LogP contribution in [-0.2, 0) is 11.3 Å². The molecule has 37 heavy (non-hydrogen) atoms. The van der Waals surface area contributed by atoms with E-state index >= 15 is 0 Å². The van der Waals surface area contributed by atoms with Crippen LogP contribution in [0.3, 0.4) is 0 Å². The van der Waals surface area contributed by atoms with Crippen LogP contribution in [0.5, 0.6) is 5.75 Å². The van der Waals surface area contributed by atoms with Crippen molar-refractivity contribution in [3.63, 3.8) is 0 Å². The molecule has 0 saturated carbocycles. The second kappa shape index (κ2) is 10.5. The van der Waals surface area contributed by atoms with E-state index in [1.165, 1.54) is 11.3 Å². The number of nitrogens with zero attached hydrogens (tertiary/aromatic N) is 3. The molecule has 192 valence electrons. The second-order valence-electron chi connectivity index (χ2n) is 9.28. The van der Waals surface area contributed by atoms with E-state index in [1.807, 2.05) is 47.7 Å². The zero-order valence-electron chi connectivity index (χ0n) is 20.6. The van der Waals surface area contributed by atoms with Crippen LogP contribution < -0.4 is 15.8 Å². The predicted octanol–water partition coefficient (Wildman–Crippen LogP) is 4.67. The number of primary amides is 1. The average molecular weight is 538 g/mol. The lowest BCUT2D eigenvalue weighted by molar-refractivity contribution is -0.119.